The first-order valence-electron chi connectivity index (χ1n) is 8.06. The molecule has 1 aromatic carbocycles. The third-order valence-corrected chi connectivity index (χ3v) is 5.40. The highest BCUT2D eigenvalue weighted by molar-refractivity contribution is 7.98. The van der Waals surface area contributed by atoms with Gasteiger partial charge >= 0.3 is 0 Å². The summed E-state index contributed by atoms with van der Waals surface area (Å²) >= 11 is 7.41. The predicted molar refractivity (Wildman–Crippen MR) is 102 cm³/mol. The van der Waals surface area contributed by atoms with Gasteiger partial charge in [0.15, 0.2) is 0 Å². The number of aryl methyl sites for hydroxylation is 2. The normalized spacial score (nSPS) is 11.4. The molecule has 0 saturated heterocycles. The van der Waals surface area contributed by atoms with Crippen molar-refractivity contribution in [3.63, 3.8) is 0 Å². The summed E-state index contributed by atoms with van der Waals surface area (Å²) in [6.07, 6.45) is 0. The Balaban J connectivity index is 1.52. The topological polar surface area (TPSA) is 69.1 Å². The Labute approximate surface area is 159 Å². The minimum atomic E-state index is 0.592. The Morgan fingerprint density at radius 3 is 2.65 bits per heavy atom. The van der Waals surface area contributed by atoms with Gasteiger partial charge in [-0.1, -0.05) is 40.7 Å². The van der Waals surface area contributed by atoms with E-state index >= 15 is 0 Å². The van der Waals surface area contributed by atoms with Crippen LogP contribution in [0.5, 0.6) is 0 Å². The van der Waals surface area contributed by atoms with Crippen molar-refractivity contribution in [2.75, 3.05) is 0 Å². The van der Waals surface area contributed by atoms with Gasteiger partial charge in [-0.15, -0.1) is 5.10 Å². The first-order valence-corrected chi connectivity index (χ1v) is 9.42. The Bertz CT molecular complexity index is 1090. The van der Waals surface area contributed by atoms with E-state index in [9.17, 15) is 0 Å². The van der Waals surface area contributed by atoms with Gasteiger partial charge in [0.1, 0.15) is 11.5 Å². The second kappa shape index (κ2) is 6.74. The maximum Gasteiger partial charge on any atom is 0.253 e. The SMILES string of the molecule is Cc1nc2nc(SCc3cc(-c4ccc(Cl)cc4)no3)nn2c(C)c1C. The Kier molecular flexibility index (Phi) is 4.42. The van der Waals surface area contributed by atoms with E-state index in [0.717, 1.165) is 34.0 Å². The molecule has 4 rings (SSSR count). The fourth-order valence-electron chi connectivity index (χ4n) is 2.57. The van der Waals surface area contributed by atoms with Crippen LogP contribution in [-0.4, -0.2) is 24.7 Å². The minimum Gasteiger partial charge on any atom is -0.360 e. The number of hydrogen-bond donors (Lipinski definition) is 0. The van der Waals surface area contributed by atoms with Crippen LogP contribution in [0.3, 0.4) is 0 Å². The van der Waals surface area contributed by atoms with Gasteiger partial charge in [0.25, 0.3) is 5.78 Å². The smallest absolute Gasteiger partial charge is 0.253 e. The van der Waals surface area contributed by atoms with Crippen molar-refractivity contribution in [2.24, 2.45) is 0 Å². The van der Waals surface area contributed by atoms with E-state index in [4.69, 9.17) is 16.1 Å². The van der Waals surface area contributed by atoms with Crippen LogP contribution in [-0.2, 0) is 5.75 Å². The van der Waals surface area contributed by atoms with Gasteiger partial charge in [-0.3, -0.25) is 0 Å². The van der Waals surface area contributed by atoms with E-state index in [1.165, 1.54) is 11.8 Å². The summed E-state index contributed by atoms with van der Waals surface area (Å²) in [6, 6.07) is 9.42. The molecule has 0 saturated carbocycles. The second-order valence-electron chi connectivity index (χ2n) is 5.99. The predicted octanol–water partition coefficient (Wildman–Crippen LogP) is 4.65. The minimum absolute atomic E-state index is 0.592. The Morgan fingerprint density at radius 1 is 1.12 bits per heavy atom. The summed E-state index contributed by atoms with van der Waals surface area (Å²) in [4.78, 5) is 8.98. The van der Waals surface area contributed by atoms with Crippen molar-refractivity contribution in [3.05, 3.63) is 58.1 Å². The molecular weight excluding hydrogens is 370 g/mol. The van der Waals surface area contributed by atoms with E-state index in [-0.39, 0.29) is 0 Å². The molecule has 4 aromatic rings. The van der Waals surface area contributed by atoms with E-state index in [1.54, 1.807) is 4.52 Å². The molecule has 26 heavy (non-hydrogen) atoms. The number of aromatic nitrogens is 5. The lowest BCUT2D eigenvalue weighted by Gasteiger charge is -2.04. The summed E-state index contributed by atoms with van der Waals surface area (Å²) < 4.78 is 7.21. The van der Waals surface area contributed by atoms with Crippen LogP contribution >= 0.6 is 23.4 Å². The monoisotopic (exact) mass is 385 g/mol. The maximum atomic E-state index is 5.92. The molecular formula is C18H16ClN5OS. The van der Waals surface area contributed by atoms with Crippen molar-refractivity contribution in [1.29, 1.82) is 0 Å². The summed E-state index contributed by atoms with van der Waals surface area (Å²) in [5.41, 5.74) is 4.90. The molecule has 132 valence electrons. The molecule has 0 bridgehead atoms. The average Bonchev–Trinajstić information content (AvgIpc) is 3.25. The van der Waals surface area contributed by atoms with Crippen LogP contribution in [0.25, 0.3) is 17.0 Å². The zero-order valence-electron chi connectivity index (χ0n) is 14.5. The molecule has 0 aliphatic rings. The van der Waals surface area contributed by atoms with Crippen LogP contribution in [0.15, 0.2) is 40.0 Å². The maximum absolute atomic E-state index is 5.92. The molecule has 0 spiro atoms. The van der Waals surface area contributed by atoms with Crippen molar-refractivity contribution >= 4 is 29.1 Å². The van der Waals surface area contributed by atoms with Crippen molar-refractivity contribution in [2.45, 2.75) is 31.7 Å². The van der Waals surface area contributed by atoms with E-state index < -0.39 is 0 Å². The van der Waals surface area contributed by atoms with Gasteiger partial charge in [-0.2, -0.15) is 4.98 Å². The van der Waals surface area contributed by atoms with Crippen LogP contribution < -0.4 is 0 Å². The molecule has 0 radical (unpaired) electrons. The average molecular weight is 386 g/mol. The molecule has 0 unspecified atom stereocenters. The number of hydrogen-bond acceptors (Lipinski definition) is 6. The number of benzene rings is 1. The van der Waals surface area contributed by atoms with E-state index in [0.29, 0.717) is 21.7 Å². The van der Waals surface area contributed by atoms with Crippen LogP contribution in [0, 0.1) is 20.8 Å². The van der Waals surface area contributed by atoms with Crippen LogP contribution in [0.4, 0.5) is 0 Å². The zero-order valence-corrected chi connectivity index (χ0v) is 16.1. The van der Waals surface area contributed by atoms with Gasteiger partial charge in [-0.25, -0.2) is 9.50 Å². The van der Waals surface area contributed by atoms with Crippen LogP contribution in [0.2, 0.25) is 5.02 Å². The van der Waals surface area contributed by atoms with Gasteiger partial charge in [0.2, 0.25) is 5.16 Å². The molecule has 0 aliphatic carbocycles. The lowest BCUT2D eigenvalue weighted by molar-refractivity contribution is 0.397. The molecule has 0 amide bonds. The number of rotatable bonds is 4. The molecule has 0 N–H and O–H groups in total. The Hall–Kier alpha value is -2.38. The quantitative estimate of drug-likeness (QED) is 0.476. The molecule has 0 aliphatic heterocycles. The van der Waals surface area contributed by atoms with E-state index in [2.05, 4.69) is 20.2 Å². The largest absolute Gasteiger partial charge is 0.360 e. The standard InChI is InChI=1S/C18H16ClN5OS/c1-10-11(2)20-17-21-18(22-24(17)12(10)3)26-9-15-8-16(23-25-15)13-4-6-14(19)7-5-13/h4-8H,9H2,1-3H3. The highest BCUT2D eigenvalue weighted by Gasteiger charge is 2.13. The zero-order chi connectivity index (χ0) is 18.3. The fraction of sp³-hybridized carbons (Fsp3) is 0.222. The second-order valence-corrected chi connectivity index (χ2v) is 7.37. The van der Waals surface area contributed by atoms with Crippen molar-refractivity contribution in [3.8, 4) is 11.3 Å². The number of halogens is 1. The molecule has 3 aromatic heterocycles. The third kappa shape index (κ3) is 3.20. The molecule has 0 atom stereocenters. The van der Waals surface area contributed by atoms with Gasteiger partial charge in [0.05, 0.1) is 5.75 Å². The van der Waals surface area contributed by atoms with Crippen LogP contribution in [0.1, 0.15) is 22.7 Å². The number of fused-ring (bicyclic) bond motifs is 1. The summed E-state index contributed by atoms with van der Waals surface area (Å²) in [5, 5.41) is 10.0. The lowest BCUT2D eigenvalue weighted by atomic mass is 10.1. The van der Waals surface area contributed by atoms with Gasteiger partial charge < -0.3 is 4.52 Å². The van der Waals surface area contributed by atoms with E-state index in [1.807, 2.05) is 51.1 Å². The van der Waals surface area contributed by atoms with Gasteiger partial charge in [0, 0.05) is 28.0 Å². The molecule has 0 fully saturated rings. The van der Waals surface area contributed by atoms with Crippen molar-refractivity contribution < 1.29 is 4.52 Å². The summed E-state index contributed by atoms with van der Waals surface area (Å²) in [7, 11) is 0. The molecule has 6 nitrogen and oxygen atoms in total. The number of nitrogens with zero attached hydrogens (tertiary/aromatic N) is 5. The van der Waals surface area contributed by atoms with Gasteiger partial charge in [-0.05, 0) is 38.5 Å². The number of thioether (sulfide) groups is 1. The summed E-state index contributed by atoms with van der Waals surface area (Å²) in [5.74, 6) is 1.97. The molecule has 8 heteroatoms. The highest BCUT2D eigenvalue weighted by Crippen LogP contribution is 2.25. The lowest BCUT2D eigenvalue weighted by Crippen LogP contribution is -2.02. The fourth-order valence-corrected chi connectivity index (χ4v) is 3.39. The van der Waals surface area contributed by atoms with Crippen molar-refractivity contribution in [1.82, 2.24) is 24.7 Å². The first kappa shape index (κ1) is 17.1. The Morgan fingerprint density at radius 2 is 1.88 bits per heavy atom. The third-order valence-electron chi connectivity index (χ3n) is 4.28. The highest BCUT2D eigenvalue weighted by atomic mass is 35.5. The first-order chi connectivity index (χ1) is 12.5. The molecule has 3 heterocycles. The summed E-state index contributed by atoms with van der Waals surface area (Å²) in [6.45, 7) is 6.05.